The van der Waals surface area contributed by atoms with Gasteiger partial charge in [-0.25, -0.2) is 9.82 Å². The number of hydrogen-bond acceptors (Lipinski definition) is 9. The number of ether oxygens (including phenoxy) is 1. The van der Waals surface area contributed by atoms with Gasteiger partial charge >= 0.3 is 5.97 Å². The van der Waals surface area contributed by atoms with Crippen molar-refractivity contribution < 1.29 is 33.4 Å². The molecule has 4 aromatic rings. The van der Waals surface area contributed by atoms with Crippen molar-refractivity contribution in [2.75, 3.05) is 33.3 Å². The van der Waals surface area contributed by atoms with Crippen molar-refractivity contribution in [3.8, 4) is 28.1 Å². The van der Waals surface area contributed by atoms with Crippen LogP contribution in [0, 0.1) is 11.3 Å². The smallest absolute Gasteiger partial charge is 0.324 e. The summed E-state index contributed by atoms with van der Waals surface area (Å²) in [5, 5.41) is 19.7. The van der Waals surface area contributed by atoms with Crippen LogP contribution in [0.15, 0.2) is 54.7 Å². The first-order valence-corrected chi connectivity index (χ1v) is 22.6. The number of piperidine rings is 1. The third kappa shape index (κ3) is 9.48. The molecule has 3 atom stereocenters. The molecular formula is C49H64FN7O6. The number of aromatic nitrogens is 2. The standard InChI is InChI=1S/C49H64FN7O6/c1-9-56-40-15-14-32-26-36(40)37(43(56)35-12-10-18-52-41(35)29(2)3)27-48(6,7)28-63-46(61)38-13-11-21-57(54-38)45(60)39(24-31-22-33(32)25-34(58)23-31)53-44(59)42(30(4)5)55(8)47(62)49(50)16-19-51-20-17-49/h10,12,14-15,18,22-23,25-26,29-30,38-39,42,51,54,58H,9,11,13,16-17,19-21,24,27-28H2,1-8H3,(H,53,59)/t38-,39-,42-/m0/s1. The van der Waals surface area contributed by atoms with E-state index in [1.54, 1.807) is 26.0 Å². The molecular weight excluding hydrogens is 802 g/mol. The second-order valence-electron chi connectivity index (χ2n) is 19.1. The third-order valence-corrected chi connectivity index (χ3v) is 12.9. The summed E-state index contributed by atoms with van der Waals surface area (Å²) < 4.78 is 24.4. The zero-order chi connectivity index (χ0) is 45.4. The molecule has 3 amide bonds. The molecule has 14 heteroatoms. The van der Waals surface area contributed by atoms with E-state index >= 15 is 4.39 Å². The van der Waals surface area contributed by atoms with Crippen LogP contribution in [0.3, 0.4) is 0 Å². The van der Waals surface area contributed by atoms with Crippen LogP contribution in [-0.2, 0) is 43.3 Å². The highest BCUT2D eigenvalue weighted by Crippen LogP contribution is 2.42. The van der Waals surface area contributed by atoms with Gasteiger partial charge in [-0.1, -0.05) is 53.7 Å². The van der Waals surface area contributed by atoms with Crippen LogP contribution in [0.5, 0.6) is 5.75 Å². The lowest BCUT2D eigenvalue weighted by Crippen LogP contribution is -2.63. The molecule has 2 saturated heterocycles. The van der Waals surface area contributed by atoms with Crippen molar-refractivity contribution in [1.29, 1.82) is 0 Å². The number of hydrazine groups is 1. The van der Waals surface area contributed by atoms with Crippen molar-refractivity contribution >= 4 is 34.6 Å². The highest BCUT2D eigenvalue weighted by Gasteiger charge is 2.45. The van der Waals surface area contributed by atoms with E-state index in [4.69, 9.17) is 9.72 Å². The number of halogens is 1. The summed E-state index contributed by atoms with van der Waals surface area (Å²) >= 11 is 0. The summed E-state index contributed by atoms with van der Waals surface area (Å²) in [5.41, 5.74) is 7.85. The molecule has 0 saturated carbocycles. The molecule has 4 N–H and O–H groups in total. The number of hydrogen-bond donors (Lipinski definition) is 4. The summed E-state index contributed by atoms with van der Waals surface area (Å²) in [4.78, 5) is 62.6. The van der Waals surface area contributed by atoms with Crippen molar-refractivity contribution in [3.63, 3.8) is 0 Å². The topological polar surface area (TPSA) is 158 Å². The fraction of sp³-hybridized carbons (Fsp3) is 0.531. The van der Waals surface area contributed by atoms with Crippen molar-refractivity contribution in [2.24, 2.45) is 11.3 Å². The molecule has 3 aliphatic rings. The number of alkyl halides is 1. The number of pyridine rings is 1. The van der Waals surface area contributed by atoms with Crippen molar-refractivity contribution in [3.05, 3.63) is 71.5 Å². The number of nitrogens with one attached hydrogen (secondary N) is 3. The van der Waals surface area contributed by atoms with Gasteiger partial charge in [-0.2, -0.15) is 0 Å². The highest BCUT2D eigenvalue weighted by atomic mass is 19.1. The first-order chi connectivity index (χ1) is 29.9. The molecule has 5 heterocycles. The number of phenols is 1. The summed E-state index contributed by atoms with van der Waals surface area (Å²) in [6.07, 6.45) is 3.31. The molecule has 63 heavy (non-hydrogen) atoms. The van der Waals surface area contributed by atoms with Crippen LogP contribution in [0.4, 0.5) is 4.39 Å². The number of esters is 1. The number of rotatable bonds is 8. The van der Waals surface area contributed by atoms with Gasteiger partial charge in [-0.3, -0.25) is 29.2 Å². The van der Waals surface area contributed by atoms with Crippen LogP contribution < -0.4 is 16.1 Å². The normalized spacial score (nSPS) is 20.9. The van der Waals surface area contributed by atoms with Crippen molar-refractivity contribution in [2.45, 2.75) is 123 Å². The first-order valence-electron chi connectivity index (χ1n) is 22.6. The lowest BCUT2D eigenvalue weighted by Gasteiger charge is -2.38. The fourth-order valence-corrected chi connectivity index (χ4v) is 9.75. The van der Waals surface area contributed by atoms with E-state index in [0.717, 1.165) is 44.5 Å². The Bertz CT molecular complexity index is 2370. The average molecular weight is 866 g/mol. The SMILES string of the molecule is CCn1c(-c2cccnc2C(C)C)c2c3cc(ccc31)-c1cc(O)cc(c1)C[C@H](NC(=O)[C@H](C(C)C)N(C)C(=O)C1(F)CCNCC1)C(=O)N1CCC[C@H](N1)C(=O)OCC(C)(C)C2. The van der Waals surface area contributed by atoms with E-state index in [1.807, 2.05) is 24.4 Å². The Morgan fingerprint density at radius 1 is 1.06 bits per heavy atom. The molecule has 0 aliphatic carbocycles. The van der Waals surface area contributed by atoms with E-state index in [9.17, 15) is 24.3 Å². The third-order valence-electron chi connectivity index (χ3n) is 12.9. The van der Waals surface area contributed by atoms with E-state index < -0.39 is 58.8 Å². The van der Waals surface area contributed by atoms with E-state index in [1.165, 1.54) is 17.0 Å². The maximum Gasteiger partial charge on any atom is 0.324 e. The zero-order valence-corrected chi connectivity index (χ0v) is 38.0. The van der Waals surface area contributed by atoms with Gasteiger partial charge in [-0.05, 0) is 110 Å². The summed E-state index contributed by atoms with van der Waals surface area (Å²) in [6, 6.07) is 12.4. The lowest BCUT2D eigenvalue weighted by molar-refractivity contribution is -0.155. The number of amides is 3. The van der Waals surface area contributed by atoms with Crippen LogP contribution in [0.1, 0.15) is 96.9 Å². The van der Waals surface area contributed by atoms with Crippen LogP contribution in [0.2, 0.25) is 0 Å². The molecule has 0 spiro atoms. The van der Waals surface area contributed by atoms with E-state index in [-0.39, 0.29) is 44.1 Å². The minimum absolute atomic E-state index is 0.00526. The Morgan fingerprint density at radius 2 is 1.81 bits per heavy atom. The molecule has 7 rings (SSSR count). The highest BCUT2D eigenvalue weighted by molar-refractivity contribution is 5.96. The molecule has 3 aliphatic heterocycles. The second kappa shape index (κ2) is 18.4. The van der Waals surface area contributed by atoms with Gasteiger partial charge in [0.1, 0.15) is 23.9 Å². The maximum atomic E-state index is 16.0. The average Bonchev–Trinajstić information content (AvgIpc) is 3.55. The number of nitrogens with zero attached hydrogens (tertiary/aromatic N) is 4. The summed E-state index contributed by atoms with van der Waals surface area (Å²) in [5.74, 6) is -2.64. The number of fused-ring (bicyclic) bond motifs is 6. The largest absolute Gasteiger partial charge is 0.508 e. The molecule has 0 radical (unpaired) electrons. The number of carbonyl (C=O) groups is 4. The molecule has 338 valence electrons. The number of likely N-dealkylation sites (N-methyl/N-ethyl adjacent to an activating group) is 1. The predicted molar refractivity (Wildman–Crippen MR) is 241 cm³/mol. The quantitative estimate of drug-likeness (QED) is 0.146. The molecule has 2 fully saturated rings. The Morgan fingerprint density at radius 3 is 2.51 bits per heavy atom. The minimum Gasteiger partial charge on any atom is -0.508 e. The lowest BCUT2D eigenvalue weighted by atomic mass is 9.83. The minimum atomic E-state index is -2.11. The Balaban J connectivity index is 1.33. The van der Waals surface area contributed by atoms with Gasteiger partial charge in [-0.15, -0.1) is 0 Å². The number of cyclic esters (lactones) is 1. The van der Waals surface area contributed by atoms with Crippen LogP contribution in [0.25, 0.3) is 33.3 Å². The van der Waals surface area contributed by atoms with Gasteiger partial charge < -0.3 is 29.9 Å². The summed E-state index contributed by atoms with van der Waals surface area (Å²) in [6.45, 7) is 15.9. The number of benzene rings is 2. The zero-order valence-electron chi connectivity index (χ0n) is 38.0. The Kier molecular flexibility index (Phi) is 13.3. The molecule has 2 aromatic carbocycles. The van der Waals surface area contributed by atoms with Crippen LogP contribution in [-0.4, -0.2) is 105 Å². The van der Waals surface area contributed by atoms with Gasteiger partial charge in [0.25, 0.3) is 11.8 Å². The monoisotopic (exact) mass is 865 g/mol. The predicted octanol–water partition coefficient (Wildman–Crippen LogP) is 6.44. The molecule has 13 nitrogen and oxygen atoms in total. The Hall–Kier alpha value is -5.34. The summed E-state index contributed by atoms with van der Waals surface area (Å²) in [7, 11) is 1.44. The Labute approximate surface area is 370 Å². The van der Waals surface area contributed by atoms with E-state index in [2.05, 4.69) is 73.4 Å². The number of aromatic hydroxyl groups is 1. The van der Waals surface area contributed by atoms with Gasteiger partial charge in [0, 0.05) is 67.5 Å². The number of aryl methyl sites for hydroxylation is 1. The van der Waals surface area contributed by atoms with Gasteiger partial charge in [0.2, 0.25) is 5.91 Å². The maximum absolute atomic E-state index is 16.0. The second-order valence-corrected chi connectivity index (χ2v) is 19.1. The fourth-order valence-electron chi connectivity index (χ4n) is 9.75. The van der Waals surface area contributed by atoms with E-state index in [0.29, 0.717) is 44.5 Å². The molecule has 6 bridgehead atoms. The number of phenolic OH excluding ortho intramolecular Hbond substituents is 1. The van der Waals surface area contributed by atoms with Gasteiger partial charge in [0.05, 0.1) is 18.0 Å². The van der Waals surface area contributed by atoms with Crippen LogP contribution >= 0.6 is 0 Å². The van der Waals surface area contributed by atoms with Gasteiger partial charge in [0.15, 0.2) is 5.67 Å². The van der Waals surface area contributed by atoms with Crippen molar-refractivity contribution in [1.82, 2.24) is 35.5 Å². The molecule has 2 aromatic heterocycles. The molecule has 0 unspecified atom stereocenters. The first kappa shape index (κ1) is 45.7. The number of carbonyl (C=O) groups excluding carboxylic acids is 4.